The zero-order valence-corrected chi connectivity index (χ0v) is 17.1. The molecule has 8 heteroatoms. The number of rotatable bonds is 13. The van der Waals surface area contributed by atoms with Gasteiger partial charge in [-0.05, 0) is 6.42 Å². The van der Waals surface area contributed by atoms with Gasteiger partial charge in [0.25, 0.3) is 0 Å². The monoisotopic (exact) mass is 413 g/mol. The van der Waals surface area contributed by atoms with Gasteiger partial charge in [0, 0.05) is 0 Å². The summed E-state index contributed by atoms with van der Waals surface area (Å²) in [6.45, 7) is 2.79. The van der Waals surface area contributed by atoms with Crippen LogP contribution < -0.4 is 5.73 Å². The smallest absolute Gasteiger partial charge is 0.475 e. The van der Waals surface area contributed by atoms with Gasteiger partial charge in [0.15, 0.2) is 0 Å². The van der Waals surface area contributed by atoms with E-state index >= 15 is 0 Å². The Hall–Kier alpha value is -0.860. The zero-order valence-electron chi connectivity index (χ0n) is 17.1. The SMILES string of the molecule is CCCCCCCCCCCCCC[C@@H]1OC[C@H](N)[C@@H]1O.O=C(O)C(F)(F)F. The van der Waals surface area contributed by atoms with Crippen LogP contribution in [0.2, 0.25) is 0 Å². The molecule has 168 valence electrons. The normalized spacial score (nSPS) is 22.0. The molecule has 0 spiro atoms. The fourth-order valence-corrected chi connectivity index (χ4v) is 3.15. The maximum absolute atomic E-state index is 10.6. The number of aliphatic hydroxyl groups excluding tert-OH is 1. The standard InChI is InChI=1S/C18H37NO2.C2HF3O2/c1-2-3-4-5-6-7-8-9-10-11-12-13-14-17-18(20)16(19)15-21-17;3-2(4,5)1(6)7/h16-18,20H,2-15,19H2,1H3;(H,6,7)/t16-,17-,18-;/m0./s1. The molecule has 1 aliphatic heterocycles. The van der Waals surface area contributed by atoms with E-state index < -0.39 is 18.2 Å². The second-order valence-corrected chi connectivity index (χ2v) is 7.51. The molecule has 0 aromatic rings. The maximum Gasteiger partial charge on any atom is 0.490 e. The first-order valence-electron chi connectivity index (χ1n) is 10.6. The van der Waals surface area contributed by atoms with Crippen LogP contribution in [-0.4, -0.2) is 47.2 Å². The van der Waals surface area contributed by atoms with Crippen molar-refractivity contribution in [2.75, 3.05) is 6.61 Å². The lowest BCUT2D eigenvalue weighted by Gasteiger charge is -2.14. The van der Waals surface area contributed by atoms with Gasteiger partial charge >= 0.3 is 12.1 Å². The van der Waals surface area contributed by atoms with Gasteiger partial charge < -0.3 is 20.7 Å². The van der Waals surface area contributed by atoms with Crippen molar-refractivity contribution in [1.29, 1.82) is 0 Å². The van der Waals surface area contributed by atoms with E-state index in [2.05, 4.69) is 6.92 Å². The van der Waals surface area contributed by atoms with Crippen LogP contribution in [0.5, 0.6) is 0 Å². The van der Waals surface area contributed by atoms with Crippen LogP contribution in [0.1, 0.15) is 90.4 Å². The number of unbranched alkanes of at least 4 members (excludes halogenated alkanes) is 11. The summed E-state index contributed by atoms with van der Waals surface area (Å²) in [7, 11) is 0. The maximum atomic E-state index is 10.6. The van der Waals surface area contributed by atoms with Crippen LogP contribution in [0.25, 0.3) is 0 Å². The molecule has 0 saturated carbocycles. The molecular weight excluding hydrogens is 375 g/mol. The summed E-state index contributed by atoms with van der Waals surface area (Å²) in [4.78, 5) is 8.90. The average Bonchev–Trinajstić information content (AvgIpc) is 2.94. The van der Waals surface area contributed by atoms with Gasteiger partial charge in [-0.2, -0.15) is 13.2 Å². The van der Waals surface area contributed by atoms with Gasteiger partial charge in [0.05, 0.1) is 24.9 Å². The minimum absolute atomic E-state index is 0.0110. The lowest BCUT2D eigenvalue weighted by atomic mass is 10.0. The molecule has 1 aliphatic rings. The molecule has 0 amide bonds. The van der Waals surface area contributed by atoms with E-state index in [9.17, 15) is 18.3 Å². The van der Waals surface area contributed by atoms with Crippen molar-refractivity contribution in [3.8, 4) is 0 Å². The molecule has 4 N–H and O–H groups in total. The van der Waals surface area contributed by atoms with Crippen molar-refractivity contribution in [1.82, 2.24) is 0 Å². The summed E-state index contributed by atoms with van der Waals surface area (Å²) in [5.74, 6) is -2.76. The lowest BCUT2D eigenvalue weighted by molar-refractivity contribution is -0.192. The second-order valence-electron chi connectivity index (χ2n) is 7.51. The second kappa shape index (κ2) is 16.0. The number of ether oxygens (including phenoxy) is 1. The Morgan fingerprint density at radius 1 is 0.964 bits per heavy atom. The highest BCUT2D eigenvalue weighted by Gasteiger charge is 2.38. The van der Waals surface area contributed by atoms with Crippen molar-refractivity contribution < 1.29 is 32.9 Å². The van der Waals surface area contributed by atoms with Crippen molar-refractivity contribution in [2.24, 2.45) is 5.73 Å². The Bertz CT molecular complexity index is 394. The fourth-order valence-electron chi connectivity index (χ4n) is 3.15. The molecule has 0 unspecified atom stereocenters. The molecular formula is C20H38F3NO4. The van der Waals surface area contributed by atoms with Crippen molar-refractivity contribution in [2.45, 2.75) is 115 Å². The third kappa shape index (κ3) is 14.2. The van der Waals surface area contributed by atoms with Crippen LogP contribution in [0.15, 0.2) is 0 Å². The quantitative estimate of drug-likeness (QED) is 0.377. The van der Waals surface area contributed by atoms with Crippen LogP contribution in [0.3, 0.4) is 0 Å². The first kappa shape index (κ1) is 27.1. The number of alkyl halides is 3. The Morgan fingerprint density at radius 2 is 1.36 bits per heavy atom. The molecule has 5 nitrogen and oxygen atoms in total. The van der Waals surface area contributed by atoms with Gasteiger partial charge in [0.1, 0.15) is 0 Å². The highest BCUT2D eigenvalue weighted by molar-refractivity contribution is 5.73. The van der Waals surface area contributed by atoms with Gasteiger partial charge in [-0.25, -0.2) is 4.79 Å². The Morgan fingerprint density at radius 3 is 1.68 bits per heavy atom. The van der Waals surface area contributed by atoms with E-state index in [0.29, 0.717) is 6.61 Å². The Kier molecular flexibility index (Phi) is 15.5. The molecule has 0 aromatic heterocycles. The topological polar surface area (TPSA) is 92.8 Å². The molecule has 1 rings (SSSR count). The minimum atomic E-state index is -5.08. The highest BCUT2D eigenvalue weighted by atomic mass is 19.4. The lowest BCUT2D eigenvalue weighted by Crippen LogP contribution is -2.36. The summed E-state index contributed by atoms with van der Waals surface area (Å²) in [5, 5.41) is 16.9. The summed E-state index contributed by atoms with van der Waals surface area (Å²) in [5.41, 5.74) is 5.73. The molecule has 3 atom stereocenters. The number of halogens is 3. The number of aliphatic carboxylic acids is 1. The number of hydrogen-bond donors (Lipinski definition) is 3. The summed E-state index contributed by atoms with van der Waals surface area (Å²) >= 11 is 0. The summed E-state index contributed by atoms with van der Waals surface area (Å²) < 4.78 is 37.2. The average molecular weight is 414 g/mol. The van der Waals surface area contributed by atoms with E-state index in [4.69, 9.17) is 20.4 Å². The third-order valence-corrected chi connectivity index (χ3v) is 4.91. The van der Waals surface area contributed by atoms with Gasteiger partial charge in [-0.1, -0.05) is 84.0 Å². The zero-order chi connectivity index (χ0) is 21.4. The van der Waals surface area contributed by atoms with E-state index in [1.165, 1.54) is 70.6 Å². The number of aliphatic hydroxyl groups is 1. The molecule has 28 heavy (non-hydrogen) atoms. The predicted molar refractivity (Wildman–Crippen MR) is 103 cm³/mol. The Balaban J connectivity index is 0.000000887. The molecule has 0 aromatic carbocycles. The van der Waals surface area contributed by atoms with Crippen molar-refractivity contribution in [3.63, 3.8) is 0 Å². The molecule has 0 radical (unpaired) electrons. The molecule has 1 heterocycles. The third-order valence-electron chi connectivity index (χ3n) is 4.91. The van der Waals surface area contributed by atoms with Crippen LogP contribution in [0.4, 0.5) is 13.2 Å². The molecule has 1 saturated heterocycles. The predicted octanol–water partition coefficient (Wildman–Crippen LogP) is 4.80. The van der Waals surface area contributed by atoms with E-state index in [-0.39, 0.29) is 12.1 Å². The number of carboxylic acid groups (broad SMARTS) is 1. The summed E-state index contributed by atoms with van der Waals surface area (Å²) in [6.07, 6.45) is 11.8. The first-order valence-corrected chi connectivity index (χ1v) is 10.6. The fraction of sp³-hybridized carbons (Fsp3) is 0.950. The highest BCUT2D eigenvalue weighted by Crippen LogP contribution is 2.19. The van der Waals surface area contributed by atoms with Crippen molar-refractivity contribution in [3.05, 3.63) is 0 Å². The van der Waals surface area contributed by atoms with Crippen LogP contribution in [0, 0.1) is 0 Å². The molecule has 1 fully saturated rings. The summed E-state index contributed by atoms with van der Waals surface area (Å²) in [6, 6.07) is -0.174. The van der Waals surface area contributed by atoms with E-state index in [1.54, 1.807) is 0 Å². The Labute approximate surface area is 166 Å². The van der Waals surface area contributed by atoms with Gasteiger partial charge in [0.2, 0.25) is 0 Å². The van der Waals surface area contributed by atoms with Crippen LogP contribution >= 0.6 is 0 Å². The number of carboxylic acids is 1. The number of hydrogen-bond acceptors (Lipinski definition) is 4. The van der Waals surface area contributed by atoms with E-state index in [0.717, 1.165) is 12.8 Å². The first-order chi connectivity index (χ1) is 13.2. The van der Waals surface area contributed by atoms with Gasteiger partial charge in [-0.3, -0.25) is 0 Å². The van der Waals surface area contributed by atoms with Crippen LogP contribution in [-0.2, 0) is 9.53 Å². The number of nitrogens with two attached hydrogens (primary N) is 1. The van der Waals surface area contributed by atoms with E-state index in [1.807, 2.05) is 0 Å². The minimum Gasteiger partial charge on any atom is -0.475 e. The number of carbonyl (C=O) groups is 1. The molecule has 0 aliphatic carbocycles. The van der Waals surface area contributed by atoms with Gasteiger partial charge in [-0.15, -0.1) is 0 Å². The van der Waals surface area contributed by atoms with Crippen molar-refractivity contribution >= 4 is 5.97 Å². The largest absolute Gasteiger partial charge is 0.490 e. The molecule has 0 bridgehead atoms.